The van der Waals surface area contributed by atoms with Crippen LogP contribution in [-0.4, -0.2) is 76.3 Å². The van der Waals surface area contributed by atoms with Crippen molar-refractivity contribution < 1.29 is 9.53 Å². The van der Waals surface area contributed by atoms with Crippen molar-refractivity contribution in [3.05, 3.63) is 0 Å². The monoisotopic (exact) mass is 341 g/mol. The molecular weight excluding hydrogens is 306 g/mol. The maximum absolute atomic E-state index is 11.4. The Balaban J connectivity index is 2.38. The fourth-order valence-electron chi connectivity index (χ4n) is 2.84. The number of guanidine groups is 1. The predicted molar refractivity (Wildman–Crippen MR) is 98.3 cm³/mol. The third kappa shape index (κ3) is 7.05. The highest BCUT2D eigenvalue weighted by Gasteiger charge is 2.25. The van der Waals surface area contributed by atoms with Crippen molar-refractivity contribution in [1.29, 1.82) is 0 Å². The summed E-state index contributed by atoms with van der Waals surface area (Å²) in [7, 11) is 5.21. The van der Waals surface area contributed by atoms with E-state index in [9.17, 15) is 4.79 Å². The van der Waals surface area contributed by atoms with Crippen LogP contribution in [0.1, 0.15) is 33.6 Å². The number of hydrogen-bond donors (Lipinski definition) is 3. The number of carbonyl (C=O) groups excluding carboxylic acids is 1. The topological polar surface area (TPSA) is 78.0 Å². The van der Waals surface area contributed by atoms with Gasteiger partial charge in [-0.15, -0.1) is 0 Å². The van der Waals surface area contributed by atoms with E-state index in [1.54, 1.807) is 21.2 Å². The molecule has 7 nitrogen and oxygen atoms in total. The fourth-order valence-corrected chi connectivity index (χ4v) is 2.84. The third-order valence-electron chi connectivity index (χ3n) is 4.50. The van der Waals surface area contributed by atoms with Gasteiger partial charge in [0.25, 0.3) is 0 Å². The standard InChI is InChI=1S/C17H35N5O2/c1-17(2,3)14(24-6)11-20-16(19-5)21-13-7-9-22(10-8-13)12-15(23)18-4/h13-14H,7-12H2,1-6H3,(H,18,23)(H2,19,20,21). The van der Waals surface area contributed by atoms with Crippen LogP contribution in [0.5, 0.6) is 0 Å². The minimum atomic E-state index is 0.0752. The Hall–Kier alpha value is -1.34. The number of aliphatic imine (C=N–C) groups is 1. The summed E-state index contributed by atoms with van der Waals surface area (Å²) >= 11 is 0. The molecule has 0 aromatic heterocycles. The van der Waals surface area contributed by atoms with Crippen LogP contribution in [0.3, 0.4) is 0 Å². The number of amides is 1. The molecule has 1 saturated heterocycles. The van der Waals surface area contributed by atoms with E-state index in [-0.39, 0.29) is 17.4 Å². The van der Waals surface area contributed by atoms with Crippen molar-refractivity contribution >= 4 is 11.9 Å². The van der Waals surface area contributed by atoms with Crippen LogP contribution in [0.4, 0.5) is 0 Å². The van der Waals surface area contributed by atoms with E-state index in [2.05, 4.69) is 46.6 Å². The number of nitrogens with zero attached hydrogens (tertiary/aromatic N) is 2. The van der Waals surface area contributed by atoms with Gasteiger partial charge in [-0.05, 0) is 18.3 Å². The van der Waals surface area contributed by atoms with Gasteiger partial charge in [0.2, 0.25) is 5.91 Å². The van der Waals surface area contributed by atoms with Gasteiger partial charge in [-0.1, -0.05) is 20.8 Å². The largest absolute Gasteiger partial charge is 0.379 e. The minimum Gasteiger partial charge on any atom is -0.379 e. The van der Waals surface area contributed by atoms with Gasteiger partial charge in [0.05, 0.1) is 12.6 Å². The second-order valence-corrected chi connectivity index (χ2v) is 7.41. The Morgan fingerprint density at radius 2 is 1.96 bits per heavy atom. The summed E-state index contributed by atoms with van der Waals surface area (Å²) in [4.78, 5) is 17.9. The second-order valence-electron chi connectivity index (χ2n) is 7.41. The lowest BCUT2D eigenvalue weighted by molar-refractivity contribution is -0.122. The summed E-state index contributed by atoms with van der Waals surface area (Å²) in [6.45, 7) is 9.55. The van der Waals surface area contributed by atoms with Gasteiger partial charge in [-0.25, -0.2) is 0 Å². The van der Waals surface area contributed by atoms with E-state index in [1.165, 1.54) is 0 Å². The molecule has 7 heteroatoms. The van der Waals surface area contributed by atoms with Crippen molar-refractivity contribution in [3.63, 3.8) is 0 Å². The van der Waals surface area contributed by atoms with Crippen molar-refractivity contribution in [2.45, 2.75) is 45.8 Å². The van der Waals surface area contributed by atoms with Crippen LogP contribution in [0.25, 0.3) is 0 Å². The van der Waals surface area contributed by atoms with Gasteiger partial charge in [-0.3, -0.25) is 14.7 Å². The molecule has 0 saturated carbocycles. The van der Waals surface area contributed by atoms with Gasteiger partial charge in [0.15, 0.2) is 5.96 Å². The molecule has 1 atom stereocenters. The smallest absolute Gasteiger partial charge is 0.233 e. The lowest BCUT2D eigenvalue weighted by Gasteiger charge is -2.33. The molecule has 1 aliphatic heterocycles. The van der Waals surface area contributed by atoms with E-state index in [1.807, 2.05) is 0 Å². The number of rotatable bonds is 6. The van der Waals surface area contributed by atoms with E-state index < -0.39 is 0 Å². The van der Waals surface area contributed by atoms with Gasteiger partial charge >= 0.3 is 0 Å². The number of piperidine rings is 1. The summed E-state index contributed by atoms with van der Waals surface area (Å²) in [6.07, 6.45) is 2.13. The van der Waals surface area contributed by atoms with Crippen LogP contribution in [0, 0.1) is 5.41 Å². The van der Waals surface area contributed by atoms with Crippen LogP contribution in [0.2, 0.25) is 0 Å². The Labute approximate surface area is 146 Å². The first kappa shape index (κ1) is 20.7. The molecule has 0 aromatic carbocycles. The van der Waals surface area contributed by atoms with Gasteiger partial charge in [-0.2, -0.15) is 0 Å². The first-order chi connectivity index (χ1) is 11.3. The molecule has 0 aliphatic carbocycles. The molecule has 0 spiro atoms. The number of nitrogens with one attached hydrogen (secondary N) is 3. The highest BCUT2D eigenvalue weighted by molar-refractivity contribution is 5.80. The van der Waals surface area contributed by atoms with E-state index in [4.69, 9.17) is 4.74 Å². The van der Waals surface area contributed by atoms with E-state index >= 15 is 0 Å². The zero-order valence-corrected chi connectivity index (χ0v) is 16.1. The van der Waals surface area contributed by atoms with Crippen molar-refractivity contribution in [2.75, 3.05) is 47.4 Å². The first-order valence-electron chi connectivity index (χ1n) is 8.73. The molecule has 1 aliphatic rings. The molecule has 1 amide bonds. The molecule has 1 rings (SSSR count). The number of ether oxygens (including phenoxy) is 1. The molecule has 140 valence electrons. The summed E-state index contributed by atoms with van der Waals surface area (Å²) in [5.41, 5.74) is 0.0752. The average molecular weight is 342 g/mol. The third-order valence-corrected chi connectivity index (χ3v) is 4.50. The van der Waals surface area contributed by atoms with E-state index in [0.717, 1.165) is 38.4 Å². The Bertz CT molecular complexity index is 412. The Morgan fingerprint density at radius 3 is 2.42 bits per heavy atom. The van der Waals surface area contributed by atoms with Crippen molar-refractivity contribution in [2.24, 2.45) is 10.4 Å². The molecule has 24 heavy (non-hydrogen) atoms. The maximum atomic E-state index is 11.4. The zero-order chi connectivity index (χ0) is 18.2. The molecule has 1 fully saturated rings. The molecule has 0 aromatic rings. The highest BCUT2D eigenvalue weighted by atomic mass is 16.5. The van der Waals surface area contributed by atoms with Crippen LogP contribution in [-0.2, 0) is 9.53 Å². The quantitative estimate of drug-likeness (QED) is 0.482. The normalized spacial score (nSPS) is 19.0. The van der Waals surface area contributed by atoms with Gasteiger partial charge < -0.3 is 20.7 Å². The number of likely N-dealkylation sites (N-methyl/N-ethyl adjacent to an activating group) is 1. The Morgan fingerprint density at radius 1 is 1.33 bits per heavy atom. The molecule has 3 N–H and O–H groups in total. The molecule has 0 bridgehead atoms. The molecular formula is C17H35N5O2. The van der Waals surface area contributed by atoms with Crippen LogP contribution >= 0.6 is 0 Å². The number of likely N-dealkylation sites (tertiary alicyclic amines) is 1. The average Bonchev–Trinajstić information content (AvgIpc) is 2.54. The second kappa shape index (κ2) is 9.84. The molecule has 1 heterocycles. The van der Waals surface area contributed by atoms with Gasteiger partial charge in [0, 0.05) is 46.9 Å². The summed E-state index contributed by atoms with van der Waals surface area (Å²) < 4.78 is 5.57. The van der Waals surface area contributed by atoms with Crippen LogP contribution in [0.15, 0.2) is 4.99 Å². The Kier molecular flexibility index (Phi) is 8.48. The number of hydrogen-bond acceptors (Lipinski definition) is 4. The molecule has 1 unspecified atom stereocenters. The first-order valence-corrected chi connectivity index (χ1v) is 8.73. The molecule has 0 radical (unpaired) electrons. The maximum Gasteiger partial charge on any atom is 0.233 e. The predicted octanol–water partition coefficient (Wildman–Crippen LogP) is 0.423. The number of carbonyl (C=O) groups is 1. The lowest BCUT2D eigenvalue weighted by Crippen LogP contribution is -2.51. The summed E-state index contributed by atoms with van der Waals surface area (Å²) in [5.74, 6) is 0.887. The summed E-state index contributed by atoms with van der Waals surface area (Å²) in [5, 5.41) is 9.52. The lowest BCUT2D eigenvalue weighted by atomic mass is 9.89. The SMILES string of the molecule is CN=C(NCC(OC)C(C)(C)C)NC1CCN(CC(=O)NC)CC1. The van der Waals surface area contributed by atoms with E-state index in [0.29, 0.717) is 12.6 Å². The minimum absolute atomic E-state index is 0.0752. The van der Waals surface area contributed by atoms with Crippen LogP contribution < -0.4 is 16.0 Å². The van der Waals surface area contributed by atoms with Crippen molar-refractivity contribution in [1.82, 2.24) is 20.9 Å². The highest BCUT2D eigenvalue weighted by Crippen LogP contribution is 2.20. The van der Waals surface area contributed by atoms with Gasteiger partial charge in [0.1, 0.15) is 0 Å². The fraction of sp³-hybridized carbons (Fsp3) is 0.882. The number of methoxy groups -OCH3 is 1. The van der Waals surface area contributed by atoms with Crippen molar-refractivity contribution in [3.8, 4) is 0 Å². The summed E-state index contributed by atoms with van der Waals surface area (Å²) in [6, 6.07) is 0.382. The zero-order valence-electron chi connectivity index (χ0n) is 16.1.